The number of hydrazine groups is 1. The van der Waals surface area contributed by atoms with E-state index in [1.165, 1.54) is 18.4 Å². The Balaban J connectivity index is 1.36. The minimum absolute atomic E-state index is 0.234. The Morgan fingerprint density at radius 3 is 2.39 bits per heavy atom. The highest BCUT2D eigenvalue weighted by Crippen LogP contribution is 2.44. The van der Waals surface area contributed by atoms with Gasteiger partial charge in [-0.15, -0.1) is 0 Å². The average molecular weight is 493 g/mol. The van der Waals surface area contributed by atoms with Crippen LogP contribution in [0, 0.1) is 0 Å². The molecule has 1 saturated carbocycles. The minimum atomic E-state index is -0.382. The van der Waals surface area contributed by atoms with Crippen molar-refractivity contribution < 1.29 is 23.8 Å². The van der Waals surface area contributed by atoms with E-state index >= 15 is 0 Å². The molecule has 2 aromatic carbocycles. The number of carbonyl (C=O) groups is 2. The maximum Gasteiger partial charge on any atom is 0.336 e. The maximum absolute atomic E-state index is 12.6. The molecule has 2 aromatic rings. The van der Waals surface area contributed by atoms with Gasteiger partial charge in [0.15, 0.2) is 11.5 Å². The van der Waals surface area contributed by atoms with E-state index < -0.39 is 0 Å². The molecule has 9 nitrogen and oxygen atoms in total. The number of hydrogen-bond donors (Lipinski definition) is 2. The third-order valence-electron chi connectivity index (χ3n) is 7.24. The molecule has 3 aliphatic rings. The van der Waals surface area contributed by atoms with Crippen LogP contribution in [0.15, 0.2) is 41.4 Å². The Labute approximate surface area is 210 Å². The molecule has 2 atom stereocenters. The first-order valence-electron chi connectivity index (χ1n) is 12.5. The Hall–Kier alpha value is -3.59. The number of morpholine rings is 1. The summed E-state index contributed by atoms with van der Waals surface area (Å²) in [6.07, 6.45) is 4.55. The largest absolute Gasteiger partial charge is 0.493 e. The molecule has 3 amide bonds. The molecular formula is C27H32N4O5. The zero-order chi connectivity index (χ0) is 25.1. The van der Waals surface area contributed by atoms with Crippen molar-refractivity contribution in [2.24, 2.45) is 4.99 Å². The third kappa shape index (κ3) is 4.75. The predicted octanol–water partition coefficient (Wildman–Crippen LogP) is 3.27. The van der Waals surface area contributed by atoms with Gasteiger partial charge in [0.2, 0.25) is 0 Å². The lowest BCUT2D eigenvalue weighted by atomic mass is 9.75. The van der Waals surface area contributed by atoms with Gasteiger partial charge in [-0.1, -0.05) is 25.0 Å². The number of nitrogens with zero attached hydrogens (tertiary/aromatic N) is 2. The van der Waals surface area contributed by atoms with Crippen molar-refractivity contribution in [1.29, 1.82) is 0 Å². The lowest BCUT2D eigenvalue weighted by Crippen LogP contribution is -2.52. The van der Waals surface area contributed by atoms with Gasteiger partial charge in [-0.05, 0) is 42.7 Å². The molecule has 0 unspecified atom stereocenters. The number of rotatable bonds is 4. The Kier molecular flexibility index (Phi) is 7.09. The van der Waals surface area contributed by atoms with Crippen molar-refractivity contribution in [1.82, 2.24) is 15.8 Å². The fraction of sp³-hybridized carbons (Fsp3) is 0.444. The van der Waals surface area contributed by atoms with Gasteiger partial charge in [-0.3, -0.25) is 15.2 Å². The van der Waals surface area contributed by atoms with E-state index in [-0.39, 0.29) is 18.0 Å². The van der Waals surface area contributed by atoms with Crippen molar-refractivity contribution in [3.63, 3.8) is 0 Å². The fourth-order valence-corrected chi connectivity index (χ4v) is 5.31. The minimum Gasteiger partial charge on any atom is -0.493 e. The van der Waals surface area contributed by atoms with Crippen LogP contribution in [0.4, 0.5) is 4.79 Å². The Bertz CT molecular complexity index is 1160. The van der Waals surface area contributed by atoms with E-state index in [0.717, 1.165) is 35.4 Å². The van der Waals surface area contributed by atoms with Crippen LogP contribution < -0.4 is 20.3 Å². The van der Waals surface area contributed by atoms with E-state index in [9.17, 15) is 9.59 Å². The van der Waals surface area contributed by atoms with Gasteiger partial charge >= 0.3 is 6.03 Å². The van der Waals surface area contributed by atoms with Crippen LogP contribution in [0.3, 0.4) is 0 Å². The number of methoxy groups -OCH3 is 2. The highest BCUT2D eigenvalue weighted by atomic mass is 16.5. The molecule has 0 bridgehead atoms. The molecule has 2 fully saturated rings. The second-order valence-corrected chi connectivity index (χ2v) is 9.29. The van der Waals surface area contributed by atoms with Crippen LogP contribution in [0.2, 0.25) is 0 Å². The van der Waals surface area contributed by atoms with E-state index in [2.05, 4.69) is 16.9 Å². The second-order valence-electron chi connectivity index (χ2n) is 9.29. The number of ether oxygens (including phenoxy) is 3. The van der Waals surface area contributed by atoms with Crippen molar-refractivity contribution >= 4 is 17.6 Å². The lowest BCUT2D eigenvalue weighted by molar-refractivity contribution is 0.0519. The average Bonchev–Trinajstić information content (AvgIpc) is 2.95. The van der Waals surface area contributed by atoms with Gasteiger partial charge in [0.1, 0.15) is 0 Å². The first-order valence-corrected chi connectivity index (χ1v) is 12.5. The smallest absolute Gasteiger partial charge is 0.336 e. The van der Waals surface area contributed by atoms with Crippen molar-refractivity contribution in [2.75, 3.05) is 40.5 Å². The summed E-state index contributed by atoms with van der Waals surface area (Å²) in [4.78, 5) is 31.6. The normalized spacial score (nSPS) is 20.9. The summed E-state index contributed by atoms with van der Waals surface area (Å²) in [6, 6.07) is 11.3. The Morgan fingerprint density at radius 1 is 0.972 bits per heavy atom. The summed E-state index contributed by atoms with van der Waals surface area (Å²) in [7, 11) is 3.30. The molecule has 0 spiro atoms. The number of benzene rings is 2. The number of hydrogen-bond acceptors (Lipinski definition) is 6. The number of aliphatic imine (C=N–C) groups is 1. The number of fused-ring (bicyclic) bond motifs is 3. The summed E-state index contributed by atoms with van der Waals surface area (Å²) >= 11 is 0. The molecule has 0 aromatic heterocycles. The maximum atomic E-state index is 12.6. The first kappa shape index (κ1) is 24.1. The molecule has 36 heavy (non-hydrogen) atoms. The molecule has 2 aliphatic heterocycles. The van der Waals surface area contributed by atoms with Gasteiger partial charge in [0, 0.05) is 35.7 Å². The highest BCUT2D eigenvalue weighted by Gasteiger charge is 2.34. The van der Waals surface area contributed by atoms with Gasteiger partial charge in [-0.2, -0.15) is 0 Å². The zero-order valence-corrected chi connectivity index (χ0v) is 20.7. The van der Waals surface area contributed by atoms with Crippen molar-refractivity contribution in [3.8, 4) is 11.5 Å². The molecule has 1 saturated heterocycles. The number of urea groups is 1. The van der Waals surface area contributed by atoms with E-state index in [1.807, 2.05) is 18.2 Å². The fourth-order valence-electron chi connectivity index (χ4n) is 5.31. The van der Waals surface area contributed by atoms with Crippen LogP contribution in [0.1, 0.15) is 58.6 Å². The number of nitrogens with one attached hydrogen (secondary N) is 2. The topological polar surface area (TPSA) is 101 Å². The SMILES string of the molecule is COc1cc2c(cc1OC)[C@H]1CCCC[C@H]1N=C2c1ccc(C(=O)NNC(=O)N2CCOCC2)cc1. The van der Waals surface area contributed by atoms with Gasteiger partial charge < -0.3 is 19.1 Å². The number of amides is 3. The van der Waals surface area contributed by atoms with Gasteiger partial charge in [0.25, 0.3) is 5.91 Å². The quantitative estimate of drug-likeness (QED) is 0.638. The van der Waals surface area contributed by atoms with Crippen LogP contribution >= 0.6 is 0 Å². The monoisotopic (exact) mass is 492 g/mol. The zero-order valence-electron chi connectivity index (χ0n) is 20.7. The summed E-state index contributed by atoms with van der Waals surface area (Å²) in [6.45, 7) is 1.99. The molecule has 2 heterocycles. The molecule has 9 heteroatoms. The van der Waals surface area contributed by atoms with Crippen molar-refractivity contribution in [2.45, 2.75) is 37.6 Å². The van der Waals surface area contributed by atoms with E-state index in [4.69, 9.17) is 19.2 Å². The van der Waals surface area contributed by atoms with Crippen LogP contribution in [0.5, 0.6) is 11.5 Å². The van der Waals surface area contributed by atoms with Crippen LogP contribution in [-0.2, 0) is 4.74 Å². The Morgan fingerprint density at radius 2 is 1.67 bits per heavy atom. The lowest BCUT2D eigenvalue weighted by Gasteiger charge is -2.35. The van der Waals surface area contributed by atoms with E-state index in [0.29, 0.717) is 43.5 Å². The number of carbonyl (C=O) groups excluding carboxylic acids is 2. The van der Waals surface area contributed by atoms with Crippen LogP contribution in [0.25, 0.3) is 0 Å². The van der Waals surface area contributed by atoms with Crippen molar-refractivity contribution in [3.05, 3.63) is 58.7 Å². The van der Waals surface area contributed by atoms with E-state index in [1.54, 1.807) is 31.3 Å². The second kappa shape index (κ2) is 10.6. The highest BCUT2D eigenvalue weighted by molar-refractivity contribution is 6.15. The van der Waals surface area contributed by atoms with Gasteiger partial charge in [-0.25, -0.2) is 10.2 Å². The first-order chi connectivity index (χ1) is 17.6. The summed E-state index contributed by atoms with van der Waals surface area (Å²) in [5.41, 5.74) is 9.55. The molecular weight excluding hydrogens is 460 g/mol. The van der Waals surface area contributed by atoms with Gasteiger partial charge in [0.05, 0.1) is 39.2 Å². The molecule has 5 rings (SSSR count). The molecule has 1 aliphatic carbocycles. The molecule has 190 valence electrons. The molecule has 2 N–H and O–H groups in total. The third-order valence-corrected chi connectivity index (χ3v) is 7.24. The van der Waals surface area contributed by atoms with Crippen LogP contribution in [-0.4, -0.2) is 69.1 Å². The summed E-state index contributed by atoms with van der Waals surface area (Å²) < 4.78 is 16.4. The molecule has 0 radical (unpaired) electrons. The predicted molar refractivity (Wildman–Crippen MR) is 135 cm³/mol. The standard InChI is InChI=1S/C27H32N4O5/c1-34-23-15-20-19-5-3-4-6-22(19)28-25(21(20)16-24(23)35-2)17-7-9-18(10-8-17)26(32)29-30-27(33)31-11-13-36-14-12-31/h7-10,15-16,19,22H,3-6,11-14H2,1-2H3,(H,29,32)(H,30,33)/t19-,22-/m1/s1. The summed E-state index contributed by atoms with van der Waals surface area (Å²) in [5.74, 6) is 1.39. The summed E-state index contributed by atoms with van der Waals surface area (Å²) in [5, 5.41) is 0.